The summed E-state index contributed by atoms with van der Waals surface area (Å²) in [5.74, 6) is -6.24. The lowest BCUT2D eigenvalue weighted by molar-refractivity contribution is -0.176. The fraction of sp³-hybridized carbons (Fsp3) is 0.618. The van der Waals surface area contributed by atoms with Gasteiger partial charge in [0.05, 0.1) is 37.7 Å². The van der Waals surface area contributed by atoms with Gasteiger partial charge in [-0.05, 0) is 127 Å². The number of likely N-dealkylation sites (N-methyl/N-ethyl adjacent to an activating group) is 4. The summed E-state index contributed by atoms with van der Waals surface area (Å²) in [7, 11) is 5.57. The Balaban J connectivity index is 1.57. The average molecular weight is 1250 g/mol. The van der Waals surface area contributed by atoms with Gasteiger partial charge in [0.25, 0.3) is 23.6 Å². The minimum Gasteiger partial charge on any atom is -0.487 e. The van der Waals surface area contributed by atoms with Crippen molar-refractivity contribution in [2.45, 2.75) is 223 Å². The highest BCUT2D eigenvalue weighted by atomic mass is 16.6. The zero-order valence-electron chi connectivity index (χ0n) is 56.8. The van der Waals surface area contributed by atoms with Gasteiger partial charge in [0.15, 0.2) is 35.9 Å². The molecule has 1 aliphatic rings. The number of carbonyl (C=O) groups is 8. The van der Waals surface area contributed by atoms with Crippen molar-refractivity contribution in [1.82, 2.24) is 39.2 Å². The van der Waals surface area contributed by atoms with Gasteiger partial charge in [-0.2, -0.15) is 10.2 Å². The number of benzene rings is 2. The molecule has 0 unspecified atom stereocenters. The molecule has 8 atom stereocenters. The fourth-order valence-electron chi connectivity index (χ4n) is 10.7. The molecule has 496 valence electrons. The van der Waals surface area contributed by atoms with Gasteiger partial charge in [-0.15, -0.1) is 0 Å². The summed E-state index contributed by atoms with van der Waals surface area (Å²) in [6, 6.07) is 9.44. The summed E-state index contributed by atoms with van der Waals surface area (Å²) in [4.78, 5) is 123. The predicted molar refractivity (Wildman–Crippen MR) is 339 cm³/mol. The zero-order chi connectivity index (χ0) is 67.2. The van der Waals surface area contributed by atoms with Crippen molar-refractivity contribution in [3.63, 3.8) is 0 Å². The number of esters is 4. The maximum absolute atomic E-state index is 15.1. The van der Waals surface area contributed by atoms with E-state index in [0.29, 0.717) is 35.7 Å². The minimum absolute atomic E-state index is 0.0406. The number of aromatic nitrogens is 4. The summed E-state index contributed by atoms with van der Waals surface area (Å²) < 4.78 is 39.7. The quantitative estimate of drug-likeness (QED) is 0.0596. The third kappa shape index (κ3) is 20.6. The Kier molecular flexibility index (Phi) is 26.6. The molecule has 4 aromatic rings. The monoisotopic (exact) mass is 1250 g/mol. The third-order valence-electron chi connectivity index (χ3n) is 15.6. The number of aryl methyl sites for hydroxylation is 2. The number of carbonyl (C=O) groups excluding carboxylic acids is 8. The van der Waals surface area contributed by atoms with Gasteiger partial charge in [0.2, 0.25) is 0 Å². The van der Waals surface area contributed by atoms with Gasteiger partial charge < -0.3 is 48.0 Å². The normalized spacial score (nSPS) is 22.1. The molecule has 2 aromatic heterocycles. The van der Waals surface area contributed by atoms with E-state index >= 15 is 9.59 Å². The minimum atomic E-state index is -1.56. The number of nitrogens with zero attached hydrogens (tertiary/aromatic N) is 8. The molecule has 4 amide bonds. The first-order valence-electron chi connectivity index (χ1n) is 31.6. The average Bonchev–Trinajstić information content (AvgIpc) is 1.85. The molecule has 0 aliphatic carbocycles. The highest BCUT2D eigenvalue weighted by Gasteiger charge is 2.43. The van der Waals surface area contributed by atoms with Crippen molar-refractivity contribution < 1.29 is 66.8 Å². The first-order chi connectivity index (χ1) is 42.1. The van der Waals surface area contributed by atoms with Gasteiger partial charge in [-0.1, -0.05) is 104 Å². The summed E-state index contributed by atoms with van der Waals surface area (Å²) in [5.41, 5.74) is 4.42. The van der Waals surface area contributed by atoms with E-state index < -0.39 is 96.1 Å². The SMILES string of the molecule is Cc1nn(Cc2ccc(C[C@H]3OC(=O)[C@H](CC(C)C)N(C)C(=O)[C@@H](C)OC(=O)[C@H](CC(C)C)N(C)C(=O)[C@@H](Cc4ccc(Cn5cc(OC(C)C)c(C)n5)cc4)OC(=O)[C@H](CC(C)C)N(C)C(=O)[C@@H](C)OC(=O)[C@H](CC(C)C)N(C)C3=O)cc2)cc1OC(C)C. The summed E-state index contributed by atoms with van der Waals surface area (Å²) in [5, 5.41) is 9.21. The van der Waals surface area contributed by atoms with Crippen molar-refractivity contribution in [1.29, 1.82) is 0 Å². The number of hydrogen-bond donors (Lipinski definition) is 0. The van der Waals surface area contributed by atoms with Gasteiger partial charge in [0.1, 0.15) is 35.6 Å². The molecule has 3 heterocycles. The topological polar surface area (TPSA) is 241 Å². The summed E-state index contributed by atoms with van der Waals surface area (Å²) >= 11 is 0. The molecule has 5 rings (SSSR count). The van der Waals surface area contributed by atoms with Crippen molar-refractivity contribution in [2.24, 2.45) is 23.7 Å². The largest absolute Gasteiger partial charge is 0.487 e. The molecule has 1 saturated heterocycles. The van der Waals surface area contributed by atoms with Gasteiger partial charge >= 0.3 is 23.9 Å². The van der Waals surface area contributed by atoms with Crippen molar-refractivity contribution in [3.05, 3.63) is 94.6 Å². The molecule has 0 radical (unpaired) electrons. The summed E-state index contributed by atoms with van der Waals surface area (Å²) in [6.45, 7) is 29.8. The standard InChI is InChI=1S/C68H100N8O14/c1-39(2)29-53-65(81)87-47(15)61(77)71(17)56(32-42(7)8)68(84)90-58(34-50-23-27-52(28-24-50)36-76-38-60(46(14)70-76)86-44(11)12)64(80)74(20)54(30-40(3)4)66(82)88-48(16)62(78)72(18)55(31-41(5)6)67(83)89-57(63(79)73(53)19)33-49-21-25-51(26-22-49)35-75-37-59(45(13)69-75)85-43(9)10/h21-28,37-44,47-48,53-58H,29-36H2,1-20H3/t47-,48-,53+,54+,55+,56+,57-,58-/m1/s1. The molecular formula is C68H100N8O14. The van der Waals surface area contributed by atoms with E-state index in [2.05, 4.69) is 10.2 Å². The fourth-order valence-corrected chi connectivity index (χ4v) is 10.7. The van der Waals surface area contributed by atoms with Crippen molar-refractivity contribution in [3.8, 4) is 11.5 Å². The first kappa shape index (κ1) is 73.0. The van der Waals surface area contributed by atoms with E-state index in [1.807, 2.05) is 134 Å². The first-order valence-corrected chi connectivity index (χ1v) is 31.6. The second-order valence-electron chi connectivity index (χ2n) is 26.3. The van der Waals surface area contributed by atoms with Crippen LogP contribution < -0.4 is 9.47 Å². The van der Waals surface area contributed by atoms with E-state index in [0.717, 1.165) is 42.1 Å². The van der Waals surface area contributed by atoms with E-state index in [1.54, 1.807) is 33.6 Å². The Morgan fingerprint density at radius 2 is 0.656 bits per heavy atom. The van der Waals surface area contributed by atoms with Crippen LogP contribution in [0.3, 0.4) is 0 Å². The van der Waals surface area contributed by atoms with Crippen LogP contribution in [0.25, 0.3) is 0 Å². The predicted octanol–water partition coefficient (Wildman–Crippen LogP) is 8.35. The number of amides is 4. The molecule has 1 fully saturated rings. The number of hydrogen-bond acceptors (Lipinski definition) is 16. The molecule has 2 aromatic carbocycles. The van der Waals surface area contributed by atoms with Gasteiger partial charge in [0, 0.05) is 41.0 Å². The van der Waals surface area contributed by atoms with Crippen molar-refractivity contribution >= 4 is 47.5 Å². The Hall–Kier alpha value is -7.78. The molecule has 22 nitrogen and oxygen atoms in total. The molecule has 0 saturated carbocycles. The Morgan fingerprint density at radius 3 is 0.922 bits per heavy atom. The van der Waals surface area contributed by atoms with Crippen LogP contribution in [0.5, 0.6) is 11.5 Å². The maximum Gasteiger partial charge on any atom is 0.329 e. The van der Waals surface area contributed by atoms with Crippen LogP contribution in [-0.2, 0) is 83.2 Å². The van der Waals surface area contributed by atoms with E-state index in [4.69, 9.17) is 28.4 Å². The number of cyclic esters (lactones) is 4. The van der Waals surface area contributed by atoms with E-state index in [9.17, 15) is 28.8 Å². The van der Waals surface area contributed by atoms with Crippen LogP contribution in [0, 0.1) is 37.5 Å². The van der Waals surface area contributed by atoms with Crippen LogP contribution in [0.15, 0.2) is 60.9 Å². The number of rotatable bonds is 20. The lowest BCUT2D eigenvalue weighted by Crippen LogP contribution is -2.55. The zero-order valence-corrected chi connectivity index (χ0v) is 56.8. The lowest BCUT2D eigenvalue weighted by atomic mass is 9.99. The highest BCUT2D eigenvalue weighted by Crippen LogP contribution is 2.26. The van der Waals surface area contributed by atoms with Crippen LogP contribution in [0.2, 0.25) is 0 Å². The third-order valence-corrected chi connectivity index (χ3v) is 15.6. The molecule has 0 N–H and O–H groups in total. The molecule has 22 heteroatoms. The smallest absolute Gasteiger partial charge is 0.329 e. The highest BCUT2D eigenvalue weighted by molar-refractivity contribution is 5.94. The lowest BCUT2D eigenvalue weighted by Gasteiger charge is -2.35. The van der Waals surface area contributed by atoms with Gasteiger partial charge in [-0.3, -0.25) is 28.5 Å². The number of ether oxygens (including phenoxy) is 6. The molecule has 0 spiro atoms. The second kappa shape index (κ2) is 32.8. The molecule has 1 aliphatic heterocycles. The Bertz CT molecular complexity index is 2860. The van der Waals surface area contributed by atoms with Crippen LogP contribution in [0.1, 0.15) is 156 Å². The Labute approximate surface area is 532 Å². The van der Waals surface area contributed by atoms with E-state index in [1.165, 1.54) is 42.0 Å². The molecular weight excluding hydrogens is 1150 g/mol. The van der Waals surface area contributed by atoms with Crippen LogP contribution >= 0.6 is 0 Å². The van der Waals surface area contributed by atoms with Crippen molar-refractivity contribution in [2.75, 3.05) is 28.2 Å². The van der Waals surface area contributed by atoms with Gasteiger partial charge in [-0.25, -0.2) is 19.2 Å². The Morgan fingerprint density at radius 1 is 0.400 bits per heavy atom. The van der Waals surface area contributed by atoms with Crippen LogP contribution in [0.4, 0.5) is 0 Å². The van der Waals surface area contributed by atoms with Crippen LogP contribution in [-0.4, -0.2) is 176 Å². The maximum atomic E-state index is 15.1. The molecule has 0 bridgehead atoms. The molecule has 90 heavy (non-hydrogen) atoms. The summed E-state index contributed by atoms with van der Waals surface area (Å²) in [6.07, 6.45) is -2.58. The van der Waals surface area contributed by atoms with E-state index in [-0.39, 0.29) is 74.4 Å². The second-order valence-corrected chi connectivity index (χ2v) is 26.3.